The molecule has 32 heavy (non-hydrogen) atoms. The number of hydrogen-bond donors (Lipinski definition) is 0. The third-order valence-corrected chi connectivity index (χ3v) is 7.09. The van der Waals surface area contributed by atoms with E-state index in [9.17, 15) is 8.42 Å². The first kappa shape index (κ1) is 21.4. The van der Waals surface area contributed by atoms with Crippen LogP contribution in [0.5, 0.6) is 0 Å². The fourth-order valence-corrected chi connectivity index (χ4v) is 5.90. The van der Waals surface area contributed by atoms with Gasteiger partial charge in [0.25, 0.3) is 10.1 Å². The van der Waals surface area contributed by atoms with E-state index < -0.39 is 15.8 Å². The monoisotopic (exact) mass is 465 g/mol. The number of halogens is 1. The Bertz CT molecular complexity index is 1520. The average Bonchev–Trinajstić information content (AvgIpc) is 2.97. The molecule has 0 radical (unpaired) electrons. The fraction of sp³-hybridized carbons (Fsp3) is 0.269. The second-order valence-electron chi connectivity index (χ2n) is 8.76. The maximum Gasteiger partial charge on any atom is 0.267 e. The first-order chi connectivity index (χ1) is 15.3. The molecule has 2 unspecified atom stereocenters. The molecule has 1 aliphatic heterocycles. The maximum absolute atomic E-state index is 12.3. The van der Waals surface area contributed by atoms with Crippen molar-refractivity contribution >= 4 is 39.6 Å². The average molecular weight is 466 g/mol. The van der Waals surface area contributed by atoms with Crippen LogP contribution in [0.4, 0.5) is 0 Å². The molecule has 0 bridgehead atoms. The Labute approximate surface area is 192 Å². The normalized spacial score (nSPS) is 23.7. The van der Waals surface area contributed by atoms with Crippen LogP contribution < -0.4 is 10.4 Å². The summed E-state index contributed by atoms with van der Waals surface area (Å²) in [6.45, 7) is 2.19. The van der Waals surface area contributed by atoms with Crippen LogP contribution >= 0.6 is 11.6 Å². The Kier molecular flexibility index (Phi) is 5.24. The summed E-state index contributed by atoms with van der Waals surface area (Å²) >= 11 is 6.31. The molecule has 2 atom stereocenters. The largest absolute Gasteiger partial charge is 0.267 e. The number of allylic oxidation sites excluding steroid dienone is 3. The van der Waals surface area contributed by atoms with Crippen LogP contribution in [-0.2, 0) is 27.1 Å². The van der Waals surface area contributed by atoms with Crippen LogP contribution in [0.1, 0.15) is 24.5 Å². The molecule has 0 fully saturated rings. The molecule has 6 heteroatoms. The summed E-state index contributed by atoms with van der Waals surface area (Å²) in [6, 6.07) is 10.2. The van der Waals surface area contributed by atoms with Gasteiger partial charge in [0.1, 0.15) is 0 Å². The third-order valence-electron chi connectivity index (χ3n) is 6.30. The third kappa shape index (κ3) is 3.79. The minimum absolute atomic E-state index is 0.324. The van der Waals surface area contributed by atoms with Crippen molar-refractivity contribution in [3.63, 3.8) is 0 Å². The lowest BCUT2D eigenvalue weighted by molar-refractivity contribution is 0.195. The van der Waals surface area contributed by atoms with Crippen molar-refractivity contribution in [1.82, 2.24) is 0 Å². The van der Waals surface area contributed by atoms with Crippen molar-refractivity contribution < 1.29 is 12.6 Å². The second kappa shape index (κ2) is 7.84. The lowest BCUT2D eigenvalue weighted by Gasteiger charge is -2.33. The Morgan fingerprint density at radius 2 is 1.84 bits per heavy atom. The van der Waals surface area contributed by atoms with Gasteiger partial charge in [-0.1, -0.05) is 55.0 Å². The molecule has 0 spiro atoms. The number of fused-ring (bicyclic) bond motifs is 4. The molecule has 0 N–H and O–H groups in total. The highest BCUT2D eigenvalue weighted by Gasteiger charge is 2.39. The molecule has 0 amide bonds. The van der Waals surface area contributed by atoms with Gasteiger partial charge < -0.3 is 0 Å². The zero-order valence-electron chi connectivity index (χ0n) is 18.0. The first-order valence-electron chi connectivity index (χ1n) is 10.7. The summed E-state index contributed by atoms with van der Waals surface area (Å²) in [7, 11) is -3.76. The zero-order chi connectivity index (χ0) is 22.5. The van der Waals surface area contributed by atoms with E-state index in [-0.39, 0.29) is 0 Å². The highest BCUT2D eigenvalue weighted by atomic mass is 35.5. The van der Waals surface area contributed by atoms with Crippen LogP contribution in [0.15, 0.2) is 59.6 Å². The summed E-state index contributed by atoms with van der Waals surface area (Å²) in [5.74, 6) is 0.324. The summed E-state index contributed by atoms with van der Waals surface area (Å²) in [6.07, 6.45) is 14.5. The number of hydrogen-bond acceptors (Lipinski definition) is 4. The lowest BCUT2D eigenvalue weighted by Crippen LogP contribution is -2.40. The van der Waals surface area contributed by atoms with Crippen LogP contribution in [0.3, 0.4) is 0 Å². The van der Waals surface area contributed by atoms with Crippen LogP contribution in [0.2, 0.25) is 5.02 Å². The summed E-state index contributed by atoms with van der Waals surface area (Å²) in [5, 5.41) is 5.27. The lowest BCUT2D eigenvalue weighted by atomic mass is 9.78. The second-order valence-corrected chi connectivity index (χ2v) is 10.8. The number of aliphatic imine (C=N–C) groups is 1. The fourth-order valence-electron chi connectivity index (χ4n) is 5.07. The molecule has 2 aliphatic carbocycles. The molecular formula is C26H24ClNO3S. The molecule has 2 aromatic carbocycles. The molecule has 0 aromatic heterocycles. The minimum Gasteiger partial charge on any atom is -0.249 e. The molecular weight excluding hydrogens is 442 g/mol. The standard InChI is InChI=1S/C26H24ClNO3S/c1-17-14-24-21-9-7-18-6-8-19(27)16-23(18)20(21)10-11-22(24)25(15-17)26(31-32(2,29)30)12-4-3-5-13-28-26/h3-8,10-13,16-17H,9,14-15H2,1-2H3. The van der Waals surface area contributed by atoms with E-state index >= 15 is 0 Å². The van der Waals surface area contributed by atoms with Crippen LogP contribution in [0, 0.1) is 16.4 Å². The van der Waals surface area contributed by atoms with Gasteiger partial charge >= 0.3 is 0 Å². The van der Waals surface area contributed by atoms with E-state index in [1.54, 1.807) is 24.4 Å². The molecule has 5 rings (SSSR count). The highest BCUT2D eigenvalue weighted by molar-refractivity contribution is 7.86. The van der Waals surface area contributed by atoms with Crippen molar-refractivity contribution in [1.29, 1.82) is 0 Å². The predicted molar refractivity (Wildman–Crippen MR) is 129 cm³/mol. The number of benzene rings is 2. The van der Waals surface area contributed by atoms with E-state index in [0.29, 0.717) is 17.4 Å². The van der Waals surface area contributed by atoms with Gasteiger partial charge in [0, 0.05) is 11.2 Å². The maximum atomic E-state index is 12.3. The summed E-state index contributed by atoms with van der Waals surface area (Å²) < 4.78 is 30.2. The number of nitrogens with zero attached hydrogens (tertiary/aromatic N) is 1. The van der Waals surface area contributed by atoms with Gasteiger partial charge in [0.05, 0.1) is 6.26 Å². The van der Waals surface area contributed by atoms with E-state index in [1.165, 1.54) is 21.6 Å². The van der Waals surface area contributed by atoms with Crippen molar-refractivity contribution in [2.45, 2.75) is 31.9 Å². The summed E-state index contributed by atoms with van der Waals surface area (Å²) in [5.41, 5.74) is 2.02. The van der Waals surface area contributed by atoms with Crippen LogP contribution in [0.25, 0.3) is 11.6 Å². The molecule has 1 heterocycles. The van der Waals surface area contributed by atoms with Gasteiger partial charge in [-0.2, -0.15) is 8.42 Å². The van der Waals surface area contributed by atoms with E-state index in [2.05, 4.69) is 36.2 Å². The topological polar surface area (TPSA) is 55.7 Å². The molecule has 2 aromatic rings. The van der Waals surface area contributed by atoms with Gasteiger partial charge in [0.2, 0.25) is 5.72 Å². The van der Waals surface area contributed by atoms with Gasteiger partial charge in [-0.15, -0.1) is 0 Å². The SMILES string of the molecule is CC1CC(C2(OS(C)(=O)=O)C=CC=CC=N2)=c2ccc3c(c2C1)CC=c1ccc(Cl)cc1=3. The van der Waals surface area contributed by atoms with Gasteiger partial charge in [-0.3, -0.25) is 0 Å². The highest BCUT2D eigenvalue weighted by Crippen LogP contribution is 2.37. The van der Waals surface area contributed by atoms with E-state index in [0.717, 1.165) is 35.1 Å². The molecule has 164 valence electrons. The quantitative estimate of drug-likeness (QED) is 0.651. The Hall–Kier alpha value is -2.47. The molecule has 4 nitrogen and oxygen atoms in total. The predicted octanol–water partition coefficient (Wildman–Crippen LogP) is 3.57. The van der Waals surface area contributed by atoms with Crippen molar-refractivity contribution in [2.75, 3.05) is 6.26 Å². The van der Waals surface area contributed by atoms with Gasteiger partial charge in [0.15, 0.2) is 0 Å². The van der Waals surface area contributed by atoms with Crippen molar-refractivity contribution in [3.8, 4) is 0 Å². The Morgan fingerprint density at radius 1 is 1.03 bits per heavy atom. The van der Waals surface area contributed by atoms with E-state index in [1.807, 2.05) is 18.2 Å². The van der Waals surface area contributed by atoms with Crippen LogP contribution in [-0.4, -0.2) is 26.6 Å². The Morgan fingerprint density at radius 3 is 2.66 bits per heavy atom. The Balaban J connectivity index is 1.88. The van der Waals surface area contributed by atoms with Crippen molar-refractivity contribution in [2.24, 2.45) is 10.9 Å². The van der Waals surface area contributed by atoms with Gasteiger partial charge in [-0.05, 0) is 87.0 Å². The van der Waals surface area contributed by atoms with E-state index in [4.69, 9.17) is 15.8 Å². The number of rotatable bonds is 3. The minimum atomic E-state index is -3.76. The molecule has 0 saturated carbocycles. The zero-order valence-corrected chi connectivity index (χ0v) is 19.6. The van der Waals surface area contributed by atoms with Crippen molar-refractivity contribution in [3.05, 3.63) is 91.7 Å². The summed E-state index contributed by atoms with van der Waals surface area (Å²) in [4.78, 5) is 4.59. The molecule has 0 saturated heterocycles. The smallest absolute Gasteiger partial charge is 0.249 e. The first-order valence-corrected chi connectivity index (χ1v) is 12.9. The molecule has 3 aliphatic rings. The van der Waals surface area contributed by atoms with Gasteiger partial charge in [-0.25, -0.2) is 9.18 Å².